The summed E-state index contributed by atoms with van der Waals surface area (Å²) in [5.41, 5.74) is 2.79. The minimum absolute atomic E-state index is 0.145. The van der Waals surface area contributed by atoms with Gasteiger partial charge in [0.05, 0.1) is 12.8 Å². The van der Waals surface area contributed by atoms with Crippen molar-refractivity contribution in [3.05, 3.63) is 87.7 Å². The van der Waals surface area contributed by atoms with E-state index < -0.39 is 0 Å². The van der Waals surface area contributed by atoms with E-state index in [9.17, 15) is 4.79 Å². The second kappa shape index (κ2) is 9.73. The molecular weight excluding hydrogens is 461 g/mol. The largest absolute Gasteiger partial charge is 0.497 e. The van der Waals surface area contributed by atoms with Crippen LogP contribution in [0.2, 0.25) is 10.0 Å². The minimum atomic E-state index is -0.145. The zero-order valence-corrected chi connectivity index (χ0v) is 20.0. The number of imidazole rings is 1. The molecule has 1 amide bonds. The third-order valence-electron chi connectivity index (χ3n) is 5.35. The lowest BCUT2D eigenvalue weighted by molar-refractivity contribution is 0.0992. The number of methoxy groups -OCH3 is 1. The van der Waals surface area contributed by atoms with Crippen molar-refractivity contribution in [2.24, 2.45) is 0 Å². The number of ether oxygens (including phenoxy) is 2. The summed E-state index contributed by atoms with van der Waals surface area (Å²) in [5, 5.41) is 1.11. The van der Waals surface area contributed by atoms with E-state index in [1.807, 2.05) is 35.7 Å². The van der Waals surface area contributed by atoms with Crippen molar-refractivity contribution >= 4 is 40.6 Å². The Kier molecular flexibility index (Phi) is 6.77. The standard InChI is InChI=1S/C25H23Cl2N3O3/c1-4-21-24(29(2)25(31)16-8-11-19(32-3)12-9-16)30-13-5-6-22(23(30)28-21)33-15-17-7-10-18(26)14-20(17)27/h5-14H,4,15H2,1-3H3. The fourth-order valence-electron chi connectivity index (χ4n) is 3.60. The van der Waals surface area contributed by atoms with Gasteiger partial charge in [-0.25, -0.2) is 4.98 Å². The van der Waals surface area contributed by atoms with Crippen molar-refractivity contribution in [3.63, 3.8) is 0 Å². The van der Waals surface area contributed by atoms with Gasteiger partial charge in [0.2, 0.25) is 0 Å². The Bertz CT molecular complexity index is 1300. The van der Waals surface area contributed by atoms with Gasteiger partial charge in [0, 0.05) is 34.4 Å². The number of rotatable bonds is 7. The van der Waals surface area contributed by atoms with Crippen molar-refractivity contribution < 1.29 is 14.3 Å². The van der Waals surface area contributed by atoms with Gasteiger partial charge >= 0.3 is 0 Å². The summed E-state index contributed by atoms with van der Waals surface area (Å²) < 4.78 is 13.1. The molecule has 0 saturated heterocycles. The molecule has 0 aliphatic heterocycles. The Morgan fingerprint density at radius 1 is 1.12 bits per heavy atom. The Morgan fingerprint density at radius 3 is 2.55 bits per heavy atom. The number of carbonyl (C=O) groups excluding carboxylic acids is 1. The number of anilines is 1. The lowest BCUT2D eigenvalue weighted by Gasteiger charge is -2.19. The molecule has 33 heavy (non-hydrogen) atoms. The molecule has 0 fully saturated rings. The minimum Gasteiger partial charge on any atom is -0.497 e. The molecule has 0 spiro atoms. The number of pyridine rings is 1. The highest BCUT2D eigenvalue weighted by molar-refractivity contribution is 6.35. The van der Waals surface area contributed by atoms with Crippen LogP contribution < -0.4 is 14.4 Å². The highest BCUT2D eigenvalue weighted by Gasteiger charge is 2.23. The first-order chi connectivity index (χ1) is 15.9. The number of fused-ring (bicyclic) bond motifs is 1. The first kappa shape index (κ1) is 23.0. The molecule has 170 valence electrons. The molecule has 0 bridgehead atoms. The van der Waals surface area contributed by atoms with Crippen molar-refractivity contribution in [2.75, 3.05) is 19.1 Å². The summed E-state index contributed by atoms with van der Waals surface area (Å²) in [4.78, 5) is 19.6. The Balaban J connectivity index is 1.66. The van der Waals surface area contributed by atoms with E-state index in [1.165, 1.54) is 0 Å². The molecule has 4 rings (SSSR count). The lowest BCUT2D eigenvalue weighted by Crippen LogP contribution is -2.28. The fourth-order valence-corrected chi connectivity index (χ4v) is 4.06. The number of carbonyl (C=O) groups is 1. The summed E-state index contributed by atoms with van der Waals surface area (Å²) in [5.74, 6) is 1.84. The van der Waals surface area contributed by atoms with E-state index in [4.69, 9.17) is 37.7 Å². The van der Waals surface area contributed by atoms with Crippen LogP contribution in [0.3, 0.4) is 0 Å². The normalized spacial score (nSPS) is 10.9. The van der Waals surface area contributed by atoms with Gasteiger partial charge < -0.3 is 9.47 Å². The van der Waals surface area contributed by atoms with Crippen LogP contribution in [-0.4, -0.2) is 29.4 Å². The second-order valence-electron chi connectivity index (χ2n) is 7.42. The molecule has 0 unspecified atom stereocenters. The van der Waals surface area contributed by atoms with E-state index in [1.54, 1.807) is 55.5 Å². The summed E-state index contributed by atoms with van der Waals surface area (Å²) in [6.45, 7) is 2.27. The number of benzene rings is 2. The molecule has 2 aromatic carbocycles. The summed E-state index contributed by atoms with van der Waals surface area (Å²) in [7, 11) is 3.34. The zero-order chi connectivity index (χ0) is 23.5. The smallest absolute Gasteiger partial charge is 0.259 e. The Hall–Kier alpha value is -3.22. The average molecular weight is 484 g/mol. The summed E-state index contributed by atoms with van der Waals surface area (Å²) >= 11 is 12.3. The third kappa shape index (κ3) is 4.63. The van der Waals surface area contributed by atoms with Crippen LogP contribution in [0.4, 0.5) is 5.82 Å². The van der Waals surface area contributed by atoms with E-state index >= 15 is 0 Å². The first-order valence-electron chi connectivity index (χ1n) is 10.4. The number of halogens is 2. The van der Waals surface area contributed by atoms with Gasteiger partial charge in [0.25, 0.3) is 5.91 Å². The van der Waals surface area contributed by atoms with Gasteiger partial charge in [-0.05, 0) is 55.0 Å². The fraction of sp³-hybridized carbons (Fsp3) is 0.200. The van der Waals surface area contributed by atoms with Gasteiger partial charge in [-0.1, -0.05) is 36.2 Å². The van der Waals surface area contributed by atoms with E-state index in [-0.39, 0.29) is 12.5 Å². The van der Waals surface area contributed by atoms with Crippen LogP contribution >= 0.6 is 23.2 Å². The second-order valence-corrected chi connectivity index (χ2v) is 8.26. The predicted molar refractivity (Wildman–Crippen MR) is 131 cm³/mol. The molecule has 0 aliphatic rings. The molecule has 2 aromatic heterocycles. The highest BCUT2D eigenvalue weighted by Crippen LogP contribution is 2.30. The molecule has 8 heteroatoms. The Morgan fingerprint density at radius 2 is 1.88 bits per heavy atom. The summed E-state index contributed by atoms with van der Waals surface area (Å²) in [6, 6.07) is 16.0. The Labute approximate surface area is 202 Å². The number of hydrogen-bond donors (Lipinski definition) is 0. The van der Waals surface area contributed by atoms with Gasteiger partial charge in [-0.3, -0.25) is 14.1 Å². The maximum absolute atomic E-state index is 13.2. The molecule has 0 aliphatic carbocycles. The topological polar surface area (TPSA) is 56.1 Å². The van der Waals surface area contributed by atoms with Crippen molar-refractivity contribution in [3.8, 4) is 11.5 Å². The molecule has 0 atom stereocenters. The number of hydrogen-bond acceptors (Lipinski definition) is 4. The van der Waals surface area contributed by atoms with E-state index in [2.05, 4.69) is 0 Å². The predicted octanol–water partition coefficient (Wildman–Crippen LogP) is 6.07. The molecule has 0 N–H and O–H groups in total. The van der Waals surface area contributed by atoms with Gasteiger partial charge in [-0.15, -0.1) is 0 Å². The molecule has 6 nitrogen and oxygen atoms in total. The van der Waals surface area contributed by atoms with E-state index in [0.29, 0.717) is 45.0 Å². The van der Waals surface area contributed by atoms with Crippen molar-refractivity contribution in [1.82, 2.24) is 9.38 Å². The van der Waals surface area contributed by atoms with Gasteiger partial charge in [0.1, 0.15) is 18.2 Å². The van der Waals surface area contributed by atoms with Crippen molar-refractivity contribution in [1.29, 1.82) is 0 Å². The summed E-state index contributed by atoms with van der Waals surface area (Å²) in [6.07, 6.45) is 2.52. The van der Waals surface area contributed by atoms with Crippen LogP contribution in [-0.2, 0) is 13.0 Å². The molecular formula is C25H23Cl2N3O3. The number of amides is 1. The van der Waals surface area contributed by atoms with Gasteiger partial charge in [-0.2, -0.15) is 0 Å². The monoisotopic (exact) mass is 483 g/mol. The molecule has 0 radical (unpaired) electrons. The molecule has 0 saturated carbocycles. The average Bonchev–Trinajstić information content (AvgIpc) is 3.22. The first-order valence-corrected chi connectivity index (χ1v) is 11.2. The van der Waals surface area contributed by atoms with Crippen LogP contribution in [0.25, 0.3) is 5.65 Å². The maximum atomic E-state index is 13.2. The van der Waals surface area contributed by atoms with Crippen molar-refractivity contribution in [2.45, 2.75) is 20.0 Å². The molecule has 4 aromatic rings. The highest BCUT2D eigenvalue weighted by atomic mass is 35.5. The van der Waals surface area contributed by atoms with Crippen LogP contribution in [0.5, 0.6) is 11.5 Å². The number of aryl methyl sites for hydroxylation is 1. The maximum Gasteiger partial charge on any atom is 0.259 e. The van der Waals surface area contributed by atoms with Crippen LogP contribution in [0.1, 0.15) is 28.5 Å². The SMILES string of the molecule is CCc1nc2c(OCc3ccc(Cl)cc3Cl)cccn2c1N(C)C(=O)c1ccc(OC)cc1. The number of aromatic nitrogens is 2. The zero-order valence-electron chi connectivity index (χ0n) is 18.5. The molecule has 2 heterocycles. The lowest BCUT2D eigenvalue weighted by atomic mass is 10.2. The third-order valence-corrected chi connectivity index (χ3v) is 5.94. The van der Waals surface area contributed by atoms with E-state index in [0.717, 1.165) is 11.3 Å². The number of nitrogens with zero attached hydrogens (tertiary/aromatic N) is 3. The van der Waals surface area contributed by atoms with Gasteiger partial charge in [0.15, 0.2) is 11.4 Å². The van der Waals surface area contributed by atoms with Crippen LogP contribution in [0, 0.1) is 0 Å². The van der Waals surface area contributed by atoms with Crippen LogP contribution in [0.15, 0.2) is 60.8 Å². The quantitative estimate of drug-likeness (QED) is 0.320.